The van der Waals surface area contributed by atoms with E-state index in [1.54, 1.807) is 0 Å². The van der Waals surface area contributed by atoms with E-state index in [1.165, 1.54) is 36.4 Å². The van der Waals surface area contributed by atoms with E-state index in [1.807, 2.05) is 6.92 Å². The molecule has 3 rings (SSSR count). The molecule has 43 heavy (non-hydrogen) atoms. The monoisotopic (exact) mass is 616 g/mol. The predicted octanol–water partition coefficient (Wildman–Crippen LogP) is 9.46. The van der Waals surface area contributed by atoms with E-state index in [4.69, 9.17) is 0 Å². The molecule has 12 heteroatoms. The molecule has 0 N–H and O–H groups in total. The van der Waals surface area contributed by atoms with E-state index >= 15 is 0 Å². The second-order valence-corrected chi connectivity index (χ2v) is 9.84. The SMILES string of the molecule is CCCCCC[C@H](OC(=O)c1ccc(-c2ccc(-c3ccc(C(=O)O[C@@H](C)C(F)(F)F)cc3F)cc2)c(F)c1)C(F)(F)F. The molecule has 0 aliphatic heterocycles. The summed E-state index contributed by atoms with van der Waals surface area (Å²) in [6, 6.07) is 11.8. The summed E-state index contributed by atoms with van der Waals surface area (Å²) in [5.41, 5.74) is -0.222. The molecular formula is C31H28F8O4. The number of hydrogen-bond acceptors (Lipinski definition) is 4. The molecule has 2 atom stereocenters. The standard InChI is InChI=1S/C31H28F8O4/c1-3-4-5-6-7-27(31(37,38)39)43-29(41)22-13-15-24(26(33)17-22)20-10-8-19(9-11-20)23-14-12-21(16-25(23)32)28(40)42-18(2)30(34,35)36/h8-18,27H,3-7H2,1-2H3/t18-,27-/m0/s1. The molecule has 0 saturated heterocycles. The smallest absolute Gasteiger partial charge is 0.425 e. The highest BCUT2D eigenvalue weighted by molar-refractivity contribution is 5.91. The number of benzene rings is 3. The molecule has 3 aromatic carbocycles. The maximum Gasteiger partial charge on any atom is 0.425 e. The van der Waals surface area contributed by atoms with Crippen molar-refractivity contribution in [3.63, 3.8) is 0 Å². The van der Waals surface area contributed by atoms with Crippen LogP contribution in [-0.2, 0) is 9.47 Å². The summed E-state index contributed by atoms with van der Waals surface area (Å²) >= 11 is 0. The summed E-state index contributed by atoms with van der Waals surface area (Å²) in [5.74, 6) is -4.49. The van der Waals surface area contributed by atoms with Crippen LogP contribution in [0.15, 0.2) is 60.7 Å². The van der Waals surface area contributed by atoms with E-state index in [0.29, 0.717) is 24.5 Å². The molecule has 4 nitrogen and oxygen atoms in total. The van der Waals surface area contributed by atoms with Crippen molar-refractivity contribution >= 4 is 11.9 Å². The molecule has 0 aliphatic carbocycles. The number of carbonyl (C=O) groups excluding carboxylic acids is 2. The van der Waals surface area contributed by atoms with Crippen LogP contribution in [0.5, 0.6) is 0 Å². The molecule has 3 aromatic rings. The summed E-state index contributed by atoms with van der Waals surface area (Å²) < 4.78 is 117. The number of ether oxygens (including phenoxy) is 2. The third-order valence-electron chi connectivity index (χ3n) is 6.60. The highest BCUT2D eigenvalue weighted by Crippen LogP contribution is 2.31. The topological polar surface area (TPSA) is 52.6 Å². The largest absolute Gasteiger partial charge is 0.449 e. The lowest BCUT2D eigenvalue weighted by Gasteiger charge is -2.20. The van der Waals surface area contributed by atoms with Crippen LogP contribution < -0.4 is 0 Å². The minimum absolute atomic E-state index is 0.000511. The number of esters is 2. The molecule has 0 radical (unpaired) electrons. The van der Waals surface area contributed by atoms with Gasteiger partial charge in [0.1, 0.15) is 11.6 Å². The van der Waals surface area contributed by atoms with Gasteiger partial charge in [0, 0.05) is 11.1 Å². The maximum atomic E-state index is 14.9. The Morgan fingerprint density at radius 1 is 0.674 bits per heavy atom. The van der Waals surface area contributed by atoms with Crippen molar-refractivity contribution in [2.24, 2.45) is 0 Å². The average molecular weight is 617 g/mol. The van der Waals surface area contributed by atoms with Crippen LogP contribution in [-0.4, -0.2) is 36.5 Å². The molecule has 0 unspecified atom stereocenters. The van der Waals surface area contributed by atoms with Crippen molar-refractivity contribution in [3.05, 3.63) is 83.4 Å². The number of halogens is 8. The first-order valence-electron chi connectivity index (χ1n) is 13.4. The minimum Gasteiger partial charge on any atom is -0.449 e. The number of carbonyl (C=O) groups is 2. The van der Waals surface area contributed by atoms with Gasteiger partial charge in [-0.25, -0.2) is 18.4 Å². The fourth-order valence-electron chi connectivity index (χ4n) is 4.12. The number of unbranched alkanes of at least 4 members (excludes halogenated alkanes) is 3. The van der Waals surface area contributed by atoms with Gasteiger partial charge in [-0.3, -0.25) is 0 Å². The Hall–Kier alpha value is -3.96. The van der Waals surface area contributed by atoms with Gasteiger partial charge in [0.05, 0.1) is 11.1 Å². The second-order valence-electron chi connectivity index (χ2n) is 9.84. The van der Waals surface area contributed by atoms with Crippen molar-refractivity contribution in [1.82, 2.24) is 0 Å². The Balaban J connectivity index is 1.73. The van der Waals surface area contributed by atoms with Gasteiger partial charge in [0.15, 0.2) is 12.2 Å². The number of rotatable bonds is 11. The minimum atomic E-state index is -4.78. The zero-order chi connectivity index (χ0) is 31.9. The Kier molecular flexibility index (Phi) is 10.9. The highest BCUT2D eigenvalue weighted by atomic mass is 19.4. The average Bonchev–Trinajstić information content (AvgIpc) is 2.93. The van der Waals surface area contributed by atoms with Crippen LogP contribution in [0.4, 0.5) is 35.1 Å². The molecule has 0 saturated carbocycles. The van der Waals surface area contributed by atoms with Crippen LogP contribution in [0.2, 0.25) is 0 Å². The lowest BCUT2D eigenvalue weighted by atomic mass is 9.98. The lowest BCUT2D eigenvalue weighted by Crippen LogP contribution is -2.33. The summed E-state index contributed by atoms with van der Waals surface area (Å²) in [4.78, 5) is 24.3. The zero-order valence-corrected chi connectivity index (χ0v) is 23.1. The van der Waals surface area contributed by atoms with Crippen LogP contribution >= 0.6 is 0 Å². The molecule has 0 heterocycles. The Morgan fingerprint density at radius 2 is 1.14 bits per heavy atom. The van der Waals surface area contributed by atoms with Gasteiger partial charge in [-0.15, -0.1) is 0 Å². The van der Waals surface area contributed by atoms with E-state index < -0.39 is 65.7 Å². The third-order valence-corrected chi connectivity index (χ3v) is 6.60. The predicted molar refractivity (Wildman–Crippen MR) is 142 cm³/mol. The van der Waals surface area contributed by atoms with Crippen LogP contribution in [0.3, 0.4) is 0 Å². The van der Waals surface area contributed by atoms with Gasteiger partial charge >= 0.3 is 24.3 Å². The first-order valence-corrected chi connectivity index (χ1v) is 13.4. The maximum absolute atomic E-state index is 14.9. The Morgan fingerprint density at radius 3 is 1.53 bits per heavy atom. The van der Waals surface area contributed by atoms with Crippen LogP contribution in [0.25, 0.3) is 22.3 Å². The summed E-state index contributed by atoms with van der Waals surface area (Å²) in [7, 11) is 0. The fourth-order valence-corrected chi connectivity index (χ4v) is 4.12. The zero-order valence-electron chi connectivity index (χ0n) is 23.1. The summed E-state index contributed by atoms with van der Waals surface area (Å²) in [5, 5.41) is 0. The van der Waals surface area contributed by atoms with Crippen LogP contribution in [0, 0.1) is 11.6 Å². The highest BCUT2D eigenvalue weighted by Gasteiger charge is 2.42. The van der Waals surface area contributed by atoms with Gasteiger partial charge < -0.3 is 9.47 Å². The molecule has 0 amide bonds. The molecule has 232 valence electrons. The number of hydrogen-bond donors (Lipinski definition) is 0. The normalized spacial score (nSPS) is 13.3. The molecule has 0 aromatic heterocycles. The first kappa shape index (κ1) is 33.5. The van der Waals surface area contributed by atoms with Crippen molar-refractivity contribution in [2.75, 3.05) is 0 Å². The van der Waals surface area contributed by atoms with Crippen LogP contribution in [0.1, 0.15) is 66.7 Å². The van der Waals surface area contributed by atoms with E-state index in [2.05, 4.69) is 9.47 Å². The van der Waals surface area contributed by atoms with Crippen molar-refractivity contribution < 1.29 is 54.2 Å². The summed E-state index contributed by atoms with van der Waals surface area (Å²) in [6.07, 6.45) is -12.3. The van der Waals surface area contributed by atoms with Gasteiger partial charge in [-0.05, 0) is 55.2 Å². The molecule has 0 aliphatic rings. The quantitative estimate of drug-likeness (QED) is 0.122. The summed E-state index contributed by atoms with van der Waals surface area (Å²) in [6.45, 7) is 2.55. The van der Waals surface area contributed by atoms with Gasteiger partial charge in [-0.2, -0.15) is 26.3 Å². The van der Waals surface area contributed by atoms with E-state index in [-0.39, 0.29) is 17.5 Å². The van der Waals surface area contributed by atoms with Crippen molar-refractivity contribution in [3.8, 4) is 22.3 Å². The lowest BCUT2D eigenvalue weighted by molar-refractivity contribution is -0.206. The van der Waals surface area contributed by atoms with E-state index in [0.717, 1.165) is 37.1 Å². The molecule has 0 spiro atoms. The molecule has 0 bridgehead atoms. The number of alkyl halides is 6. The van der Waals surface area contributed by atoms with Gasteiger partial charge in [0.2, 0.25) is 0 Å². The third kappa shape index (κ3) is 9.01. The van der Waals surface area contributed by atoms with Gasteiger partial charge in [0.25, 0.3) is 0 Å². The Bertz CT molecular complexity index is 1410. The Labute approximate surface area is 242 Å². The molecule has 0 fully saturated rings. The van der Waals surface area contributed by atoms with Crippen molar-refractivity contribution in [1.29, 1.82) is 0 Å². The fraction of sp³-hybridized carbons (Fsp3) is 0.355. The first-order chi connectivity index (χ1) is 20.1. The van der Waals surface area contributed by atoms with Gasteiger partial charge in [-0.1, -0.05) is 62.6 Å². The second kappa shape index (κ2) is 14.0. The molecular weight excluding hydrogens is 588 g/mol. The van der Waals surface area contributed by atoms with Crippen molar-refractivity contribution in [2.45, 2.75) is 70.5 Å². The van der Waals surface area contributed by atoms with E-state index in [9.17, 15) is 44.7 Å².